The molecule has 0 radical (unpaired) electrons. The molecule has 6 aromatic rings. The summed E-state index contributed by atoms with van der Waals surface area (Å²) in [5.74, 6) is -0.855. The molecule has 2 amide bonds. The molecule has 0 saturated carbocycles. The van der Waals surface area contributed by atoms with E-state index in [0.29, 0.717) is 55.1 Å². The van der Waals surface area contributed by atoms with Crippen molar-refractivity contribution in [2.24, 2.45) is 9.98 Å². The molecule has 12 heteroatoms. The largest absolute Gasteiger partial charge is 0.494 e. The minimum absolute atomic E-state index is 0.0398. The van der Waals surface area contributed by atoms with Gasteiger partial charge in [0.25, 0.3) is 11.8 Å². The van der Waals surface area contributed by atoms with Crippen molar-refractivity contribution in [2.75, 3.05) is 0 Å². The number of halogens is 4. The van der Waals surface area contributed by atoms with E-state index >= 15 is 0 Å². The number of aryl methyl sites for hydroxylation is 2. The minimum atomic E-state index is -0.388. The number of aromatic nitrogens is 2. The van der Waals surface area contributed by atoms with Crippen molar-refractivity contribution < 1.29 is 19.8 Å². The Morgan fingerprint density at radius 3 is 1.07 bits per heavy atom. The van der Waals surface area contributed by atoms with Gasteiger partial charge >= 0.3 is 0 Å². The number of carbonyl (C=O) groups excluding carboxylic acids is 2. The molecule has 2 aromatic heterocycles. The van der Waals surface area contributed by atoms with E-state index in [9.17, 15) is 19.8 Å². The van der Waals surface area contributed by atoms with Crippen molar-refractivity contribution in [1.82, 2.24) is 9.97 Å². The van der Waals surface area contributed by atoms with Gasteiger partial charge < -0.3 is 20.2 Å². The number of fused-ring (bicyclic) bond motifs is 2. The average molecular weight is 1160 g/mol. The monoisotopic (exact) mass is 1160 g/mol. The van der Waals surface area contributed by atoms with Crippen molar-refractivity contribution in [3.8, 4) is 34.3 Å². The molecule has 4 N–H and O–H groups in total. The predicted molar refractivity (Wildman–Crippen MR) is 337 cm³/mol. The lowest BCUT2D eigenvalue weighted by Gasteiger charge is -2.21. The fraction of sp³-hybridized carbons (Fsp3) is 0.471. The molecule has 428 valence electrons. The molecular weight excluding hydrogens is 1080 g/mol. The van der Waals surface area contributed by atoms with E-state index in [4.69, 9.17) is 46.4 Å². The van der Waals surface area contributed by atoms with Gasteiger partial charge in [-0.25, -0.2) is 9.98 Å². The zero-order valence-corrected chi connectivity index (χ0v) is 51.6. The van der Waals surface area contributed by atoms with Crippen molar-refractivity contribution in [3.05, 3.63) is 149 Å². The van der Waals surface area contributed by atoms with Gasteiger partial charge in [-0.15, -0.1) is 0 Å². The van der Waals surface area contributed by atoms with Crippen LogP contribution in [0, 0.1) is 0 Å². The third kappa shape index (κ3) is 15.7. The molecule has 0 bridgehead atoms. The van der Waals surface area contributed by atoms with E-state index in [1.165, 1.54) is 116 Å². The van der Waals surface area contributed by atoms with Crippen molar-refractivity contribution in [1.29, 1.82) is 0 Å². The second-order valence-electron chi connectivity index (χ2n) is 24.1. The summed E-state index contributed by atoms with van der Waals surface area (Å²) < 4.78 is 0. The van der Waals surface area contributed by atoms with Gasteiger partial charge in [-0.2, -0.15) is 0 Å². The third-order valence-corrected chi connectivity index (χ3v) is 17.0. The van der Waals surface area contributed by atoms with Gasteiger partial charge in [0, 0.05) is 31.2 Å². The van der Waals surface area contributed by atoms with Crippen molar-refractivity contribution >= 4 is 69.6 Å². The van der Waals surface area contributed by atoms with Crippen LogP contribution < -0.4 is 0 Å². The van der Waals surface area contributed by atoms with E-state index in [2.05, 4.69) is 81.4 Å². The predicted octanol–water partition coefficient (Wildman–Crippen LogP) is 20.9. The van der Waals surface area contributed by atoms with Crippen molar-refractivity contribution in [3.63, 3.8) is 0 Å². The minimum Gasteiger partial charge on any atom is -0.494 e. The maximum Gasteiger partial charge on any atom is 0.280 e. The number of aromatic hydroxyl groups is 2. The first-order chi connectivity index (χ1) is 38.2. The average Bonchev–Trinajstić information content (AvgIpc) is 4.16. The highest BCUT2D eigenvalue weighted by atomic mass is 35.5. The molecule has 0 unspecified atom stereocenters. The molecule has 2 aliphatic rings. The second-order valence-corrected chi connectivity index (χ2v) is 25.7. The number of carbonyl (C=O) groups is 2. The van der Waals surface area contributed by atoms with Crippen molar-refractivity contribution in [2.45, 2.75) is 207 Å². The van der Waals surface area contributed by atoms with Gasteiger partial charge in [0.1, 0.15) is 0 Å². The summed E-state index contributed by atoms with van der Waals surface area (Å²) in [6.07, 6.45) is 27.5. The summed E-state index contributed by atoms with van der Waals surface area (Å²) in [6, 6.07) is 22.9. The number of rotatable bonds is 26. The first kappa shape index (κ1) is 62.5. The Hall–Kier alpha value is -5.12. The summed E-state index contributed by atoms with van der Waals surface area (Å²) in [5.41, 5.74) is 10.5. The number of hydrogen-bond donors (Lipinski definition) is 4. The van der Waals surface area contributed by atoms with E-state index in [1.54, 1.807) is 0 Å². The highest BCUT2D eigenvalue weighted by molar-refractivity contribution is 6.35. The maximum atomic E-state index is 13.3. The number of nitrogens with one attached hydrogen (secondary N) is 2. The molecule has 2 aliphatic heterocycles. The Kier molecular flexibility index (Phi) is 22.4. The zero-order chi connectivity index (χ0) is 57.7. The van der Waals surface area contributed by atoms with Crippen LogP contribution in [0.1, 0.15) is 249 Å². The molecule has 4 aromatic carbocycles. The van der Waals surface area contributed by atoms with Crippen LogP contribution in [-0.2, 0) is 23.7 Å². The van der Waals surface area contributed by atoms with Gasteiger partial charge in [0.15, 0.2) is 11.8 Å². The number of nitrogens with zero attached hydrogens (tertiary/aromatic N) is 2. The number of benzene rings is 4. The number of amides is 2. The Bertz CT molecular complexity index is 3190. The van der Waals surface area contributed by atoms with Gasteiger partial charge in [0.05, 0.1) is 45.1 Å². The van der Waals surface area contributed by atoms with Gasteiger partial charge in [-0.3, -0.25) is 9.59 Å². The quantitative estimate of drug-likeness (QED) is 0.0403. The Morgan fingerprint density at radius 2 is 0.700 bits per heavy atom. The molecule has 4 heterocycles. The summed E-state index contributed by atoms with van der Waals surface area (Å²) in [4.78, 5) is 41.2. The number of unbranched alkanes of at least 4 members (excludes halogenated alkanes) is 18. The molecule has 80 heavy (non-hydrogen) atoms. The lowest BCUT2D eigenvalue weighted by atomic mass is 9.85. The zero-order valence-electron chi connectivity index (χ0n) is 48.6. The molecule has 0 saturated heterocycles. The summed E-state index contributed by atoms with van der Waals surface area (Å²) >= 11 is 26.1. The van der Waals surface area contributed by atoms with E-state index in [-0.39, 0.29) is 34.4 Å². The van der Waals surface area contributed by atoms with Crippen LogP contribution in [0.5, 0.6) is 11.8 Å². The molecule has 8 nitrogen and oxygen atoms in total. The Balaban J connectivity index is 0.000000250. The smallest absolute Gasteiger partial charge is 0.280 e. The number of aromatic amines is 2. The number of aliphatic imine (C=N–C) groups is 2. The number of hydrogen-bond acceptors (Lipinski definition) is 4. The SMILES string of the molecule is CC(C)(C)c1cc(C2=NC(=O)c3c(-c4ccc(Cl)c(C(C)(C)C)c4)[nH]c(O)c32)ccc1Cl.CCCCCCCCCCCCc1cc(C2=NC(=O)c3c(-c4ccc(Cl)c(CCCCCCCCCCCC)c4)[nH]c(O)c32)ccc1Cl. The number of H-pyrrole nitrogens is 2. The first-order valence-corrected chi connectivity index (χ1v) is 31.1. The second kappa shape index (κ2) is 28.7. The van der Waals surface area contributed by atoms with Crippen LogP contribution in [0.15, 0.2) is 82.8 Å². The van der Waals surface area contributed by atoms with Crippen LogP contribution in [0.4, 0.5) is 0 Å². The summed E-state index contributed by atoms with van der Waals surface area (Å²) in [5, 5.41) is 24.7. The Labute approximate surface area is 496 Å². The van der Waals surface area contributed by atoms with E-state index < -0.39 is 0 Å². The topological polar surface area (TPSA) is 131 Å². The normalized spacial score (nSPS) is 13.2. The molecule has 0 fully saturated rings. The molecule has 8 rings (SSSR count). The van der Waals surface area contributed by atoms with E-state index in [0.717, 1.165) is 80.2 Å². The highest BCUT2D eigenvalue weighted by Gasteiger charge is 2.36. The van der Waals surface area contributed by atoms with Crippen LogP contribution in [0.25, 0.3) is 22.5 Å². The Morgan fingerprint density at radius 1 is 0.400 bits per heavy atom. The van der Waals surface area contributed by atoms with Crippen LogP contribution in [0.3, 0.4) is 0 Å². The fourth-order valence-electron chi connectivity index (χ4n) is 11.1. The standard InChI is InChI=1S/C42H58Cl2N2O2.C26H26Cl2N2O2/c1-3-5-7-9-11-13-15-17-19-21-23-31-29-33(25-27-35(31)43)39-37-38(42(48)45-39)40(46-41(37)47)34-26-28-36(44)32(30-34)24-22-20-18-16-14-12-10-8-6-4-2;1-25(2,3)15-11-13(7-9-17(15)27)21-19-20(24(32)29-21)22(30-23(19)31)14-8-10-18(28)16(12-14)26(4,5)6/h25-30,45,48H,3-24H2,1-2H3;7-12,29,32H,1-6H3. The van der Waals surface area contributed by atoms with E-state index in [1.807, 2.05) is 66.7 Å². The summed E-state index contributed by atoms with van der Waals surface area (Å²) in [6.45, 7) is 17.0. The third-order valence-electron chi connectivity index (χ3n) is 15.7. The van der Waals surface area contributed by atoms with Gasteiger partial charge in [-0.1, -0.05) is 242 Å². The molecular formula is C68H84Cl4N4O4. The van der Waals surface area contributed by atoms with Gasteiger partial charge in [-0.05, 0) is 118 Å². The van der Waals surface area contributed by atoms with Crippen LogP contribution in [-0.4, -0.2) is 43.4 Å². The first-order valence-electron chi connectivity index (χ1n) is 29.6. The molecule has 0 aliphatic carbocycles. The highest BCUT2D eigenvalue weighted by Crippen LogP contribution is 2.43. The van der Waals surface area contributed by atoms with Crippen LogP contribution >= 0.6 is 46.4 Å². The summed E-state index contributed by atoms with van der Waals surface area (Å²) in [7, 11) is 0. The lowest BCUT2D eigenvalue weighted by Crippen LogP contribution is -2.13. The lowest BCUT2D eigenvalue weighted by molar-refractivity contribution is 0.0998. The van der Waals surface area contributed by atoms with Gasteiger partial charge in [0.2, 0.25) is 0 Å². The molecule has 0 atom stereocenters. The molecule has 0 spiro atoms. The van der Waals surface area contributed by atoms with Crippen LogP contribution in [0.2, 0.25) is 20.1 Å². The maximum absolute atomic E-state index is 13.3. The fourth-order valence-corrected chi connectivity index (χ4v) is 12.3.